The zero-order chi connectivity index (χ0) is 38.3. The van der Waals surface area contributed by atoms with Crippen LogP contribution in [0.25, 0.3) is 82.1 Å². The van der Waals surface area contributed by atoms with E-state index >= 15 is 0 Å². The van der Waals surface area contributed by atoms with Crippen LogP contribution in [-0.4, -0.2) is 10.3 Å². The molecular formula is C53H39N3O2. The van der Waals surface area contributed by atoms with E-state index in [-0.39, 0.29) is 18.1 Å². The van der Waals surface area contributed by atoms with Gasteiger partial charge in [-0.3, -0.25) is 10.3 Å². The first-order chi connectivity index (χ1) is 28.7. The van der Waals surface area contributed by atoms with Gasteiger partial charge in [0.1, 0.15) is 28.5 Å². The molecule has 0 fully saturated rings. The summed E-state index contributed by atoms with van der Waals surface area (Å²) in [4.78, 5) is 5.62. The smallest absolute Gasteiger partial charge is 0.144 e. The number of aliphatic imine (C=N–C) groups is 1. The van der Waals surface area contributed by atoms with Gasteiger partial charge in [-0.25, -0.2) is 0 Å². The molecule has 5 nitrogen and oxygen atoms in total. The maximum Gasteiger partial charge on any atom is 0.144 e. The Morgan fingerprint density at radius 1 is 0.552 bits per heavy atom. The average molecular weight is 750 g/mol. The second kappa shape index (κ2) is 13.1. The van der Waals surface area contributed by atoms with Crippen LogP contribution in [0.15, 0.2) is 184 Å². The minimum atomic E-state index is -0.314. The number of para-hydroxylation sites is 4. The lowest BCUT2D eigenvalue weighted by Crippen LogP contribution is -2.33. The molecule has 3 aromatic heterocycles. The highest BCUT2D eigenvalue weighted by Crippen LogP contribution is 2.43. The van der Waals surface area contributed by atoms with Gasteiger partial charge in [-0.15, -0.1) is 0 Å². The van der Waals surface area contributed by atoms with Gasteiger partial charge in [0.2, 0.25) is 0 Å². The molecule has 58 heavy (non-hydrogen) atoms. The third-order valence-electron chi connectivity index (χ3n) is 12.5. The molecule has 3 unspecified atom stereocenters. The van der Waals surface area contributed by atoms with Crippen LogP contribution in [0.5, 0.6) is 0 Å². The van der Waals surface area contributed by atoms with Crippen LogP contribution in [0, 0.1) is 5.92 Å². The molecule has 0 radical (unpaired) electrons. The van der Waals surface area contributed by atoms with E-state index in [4.69, 9.17) is 13.8 Å². The lowest BCUT2D eigenvalue weighted by atomic mass is 9.86. The van der Waals surface area contributed by atoms with Crippen LogP contribution >= 0.6 is 0 Å². The number of rotatable bonds is 4. The molecular weight excluding hydrogens is 711 g/mol. The fourth-order valence-corrected chi connectivity index (χ4v) is 9.64. The van der Waals surface area contributed by atoms with E-state index in [9.17, 15) is 0 Å². The summed E-state index contributed by atoms with van der Waals surface area (Å²) in [5.41, 5.74) is 11.5. The summed E-state index contributed by atoms with van der Waals surface area (Å²) < 4.78 is 15.9. The minimum absolute atomic E-state index is 0.0746. The van der Waals surface area contributed by atoms with Crippen molar-refractivity contribution in [3.8, 4) is 5.69 Å². The zero-order valence-electron chi connectivity index (χ0n) is 32.0. The highest BCUT2D eigenvalue weighted by atomic mass is 16.3. The van der Waals surface area contributed by atoms with Crippen LogP contribution < -0.4 is 5.32 Å². The van der Waals surface area contributed by atoms with E-state index in [0.717, 1.165) is 84.8 Å². The lowest BCUT2D eigenvalue weighted by Gasteiger charge is -2.32. The van der Waals surface area contributed by atoms with Gasteiger partial charge >= 0.3 is 0 Å². The van der Waals surface area contributed by atoms with Gasteiger partial charge in [0.25, 0.3) is 0 Å². The first-order valence-electron chi connectivity index (χ1n) is 20.3. The molecule has 8 aromatic carbocycles. The van der Waals surface area contributed by atoms with Crippen LogP contribution in [0.4, 0.5) is 0 Å². The molecule has 4 heterocycles. The average Bonchev–Trinajstić information content (AvgIpc) is 3.94. The first kappa shape index (κ1) is 33.2. The summed E-state index contributed by atoms with van der Waals surface area (Å²) in [6, 6.07) is 60.6. The molecule has 0 saturated carbocycles. The molecule has 3 atom stereocenters. The number of benzene rings is 8. The molecule has 278 valence electrons. The van der Waals surface area contributed by atoms with Gasteiger partial charge in [-0.1, -0.05) is 128 Å². The Hall–Kier alpha value is -6.95. The monoisotopic (exact) mass is 749 g/mol. The molecule has 12 rings (SSSR count). The standard InChI is InChI=1S/C53H39N3O2/c1-32-26-27-45(41-22-13-21-40-38-19-8-11-24-48(38)57-51(40)41)54-53(33-14-3-2-4-15-33)55-50(32)44-31-36(30-43-39-20-9-12-25-49(39)58-52(43)44)56-46-23-10-7-18-37(46)42-28-34-16-5-6-17-35(34)29-47(42)56/h2-25,28-32,50,53,55H,26-27H2,1H3. The summed E-state index contributed by atoms with van der Waals surface area (Å²) >= 11 is 0. The Bertz CT molecular complexity index is 3420. The van der Waals surface area contributed by atoms with Crippen molar-refractivity contribution in [2.75, 3.05) is 0 Å². The fraction of sp³-hybridized carbons (Fsp3) is 0.113. The van der Waals surface area contributed by atoms with Crippen LogP contribution in [0.2, 0.25) is 0 Å². The number of aromatic nitrogens is 1. The SMILES string of the molecule is CC1CCC(c2cccc3c2oc2ccccc23)=NC(c2ccccc2)NC1c1cc(-n2c3ccccc3c3cc4ccccc4cc32)cc2c1oc1ccccc12. The van der Waals surface area contributed by atoms with E-state index in [1.54, 1.807) is 0 Å². The van der Waals surface area contributed by atoms with Crippen molar-refractivity contribution in [2.45, 2.75) is 32.0 Å². The number of furan rings is 2. The zero-order valence-corrected chi connectivity index (χ0v) is 32.0. The van der Waals surface area contributed by atoms with Crippen molar-refractivity contribution in [1.82, 2.24) is 9.88 Å². The Morgan fingerprint density at radius 3 is 2.02 bits per heavy atom. The lowest BCUT2D eigenvalue weighted by molar-refractivity contribution is 0.328. The summed E-state index contributed by atoms with van der Waals surface area (Å²) in [6.07, 6.45) is 1.41. The molecule has 0 saturated heterocycles. The van der Waals surface area contributed by atoms with Crippen molar-refractivity contribution in [3.63, 3.8) is 0 Å². The number of fused-ring (bicyclic) bond motifs is 10. The van der Waals surface area contributed by atoms with Crippen molar-refractivity contribution in [1.29, 1.82) is 0 Å². The van der Waals surface area contributed by atoms with Crippen molar-refractivity contribution >= 4 is 82.2 Å². The van der Waals surface area contributed by atoms with Crippen molar-refractivity contribution in [2.24, 2.45) is 10.9 Å². The summed E-state index contributed by atoms with van der Waals surface area (Å²) in [7, 11) is 0. The van der Waals surface area contributed by atoms with E-state index in [1.165, 1.54) is 32.6 Å². The van der Waals surface area contributed by atoms with E-state index < -0.39 is 0 Å². The van der Waals surface area contributed by atoms with E-state index in [1.807, 2.05) is 6.07 Å². The second-order valence-electron chi connectivity index (χ2n) is 15.9. The Kier molecular flexibility index (Phi) is 7.47. The van der Waals surface area contributed by atoms with Crippen LogP contribution in [-0.2, 0) is 0 Å². The Labute approximate surface area is 334 Å². The highest BCUT2D eigenvalue weighted by Gasteiger charge is 2.31. The van der Waals surface area contributed by atoms with E-state index in [0.29, 0.717) is 0 Å². The van der Waals surface area contributed by atoms with Crippen LogP contribution in [0.3, 0.4) is 0 Å². The summed E-state index contributed by atoms with van der Waals surface area (Å²) in [5, 5.41) is 13.6. The fourth-order valence-electron chi connectivity index (χ4n) is 9.64. The number of nitrogens with zero attached hydrogens (tertiary/aromatic N) is 2. The van der Waals surface area contributed by atoms with Gasteiger partial charge in [0.15, 0.2) is 0 Å². The number of hydrogen-bond acceptors (Lipinski definition) is 4. The number of hydrogen-bond donors (Lipinski definition) is 1. The molecule has 0 spiro atoms. The first-order valence-corrected chi connectivity index (χ1v) is 20.3. The predicted octanol–water partition coefficient (Wildman–Crippen LogP) is 14.0. The summed E-state index contributed by atoms with van der Waals surface area (Å²) in [6.45, 7) is 2.37. The van der Waals surface area contributed by atoms with Crippen LogP contribution in [0.1, 0.15) is 48.7 Å². The summed E-state index contributed by atoms with van der Waals surface area (Å²) in [5.74, 6) is 0.223. The molecule has 0 bridgehead atoms. The quantitative estimate of drug-likeness (QED) is 0.195. The van der Waals surface area contributed by atoms with E-state index in [2.05, 4.69) is 181 Å². The third kappa shape index (κ3) is 5.17. The van der Waals surface area contributed by atoms with Gasteiger partial charge in [-0.05, 0) is 83.6 Å². The van der Waals surface area contributed by atoms with Gasteiger partial charge in [0.05, 0.1) is 11.0 Å². The minimum Gasteiger partial charge on any atom is -0.456 e. The second-order valence-corrected chi connectivity index (χ2v) is 15.9. The van der Waals surface area contributed by atoms with Crippen molar-refractivity contribution in [3.05, 3.63) is 187 Å². The normalized spacial score (nSPS) is 17.8. The third-order valence-corrected chi connectivity index (χ3v) is 12.5. The molecule has 0 amide bonds. The Balaban J connectivity index is 1.08. The molecule has 1 aliphatic heterocycles. The highest BCUT2D eigenvalue weighted by molar-refractivity contribution is 6.16. The largest absolute Gasteiger partial charge is 0.456 e. The maximum absolute atomic E-state index is 6.87. The van der Waals surface area contributed by atoms with Crippen molar-refractivity contribution < 1.29 is 8.83 Å². The topological polar surface area (TPSA) is 55.6 Å². The molecule has 1 aliphatic rings. The Morgan fingerprint density at radius 2 is 1.21 bits per heavy atom. The molecule has 1 N–H and O–H groups in total. The van der Waals surface area contributed by atoms with Gasteiger partial charge in [0, 0.05) is 60.9 Å². The predicted molar refractivity (Wildman–Crippen MR) is 239 cm³/mol. The molecule has 0 aliphatic carbocycles. The van der Waals surface area contributed by atoms with Gasteiger partial charge < -0.3 is 13.4 Å². The maximum atomic E-state index is 6.87. The molecule has 5 heteroatoms. The molecule has 11 aromatic rings. The number of nitrogens with one attached hydrogen (secondary N) is 1. The van der Waals surface area contributed by atoms with Gasteiger partial charge in [-0.2, -0.15) is 0 Å².